The lowest BCUT2D eigenvalue weighted by Gasteiger charge is -2.29. The number of hydrogen-bond donors (Lipinski definition) is 2. The van der Waals surface area contributed by atoms with Crippen LogP contribution < -0.4 is 11.5 Å². The van der Waals surface area contributed by atoms with E-state index in [0.717, 1.165) is 54.1 Å². The van der Waals surface area contributed by atoms with E-state index in [1.54, 1.807) is 11.3 Å². The molecule has 2 aromatic carbocycles. The van der Waals surface area contributed by atoms with Crippen molar-refractivity contribution in [2.45, 2.75) is 19.4 Å². The molecule has 1 aliphatic rings. The number of carbonyl (C=O) groups is 1. The van der Waals surface area contributed by atoms with Gasteiger partial charge in [0.15, 0.2) is 0 Å². The molecule has 0 atom stereocenters. The molecule has 5 heteroatoms. The van der Waals surface area contributed by atoms with Crippen LogP contribution in [0.3, 0.4) is 0 Å². The number of nitrogens with zero attached hydrogens (tertiary/aromatic N) is 1. The van der Waals surface area contributed by atoms with E-state index in [-0.39, 0.29) is 0 Å². The third-order valence-electron chi connectivity index (χ3n) is 5.44. The second-order valence-electron chi connectivity index (χ2n) is 7.38. The highest BCUT2D eigenvalue weighted by Crippen LogP contribution is 2.34. The highest BCUT2D eigenvalue weighted by atomic mass is 32.1. The first kappa shape index (κ1) is 19.4. The molecule has 0 unspecified atom stereocenters. The van der Waals surface area contributed by atoms with Crippen LogP contribution in [-0.2, 0) is 11.3 Å². The molecule has 4 nitrogen and oxygen atoms in total. The first-order valence-electron chi connectivity index (χ1n) is 9.83. The molecule has 0 bridgehead atoms. The van der Waals surface area contributed by atoms with E-state index in [1.165, 1.54) is 5.56 Å². The number of piperidine rings is 1. The molecule has 1 fully saturated rings. The van der Waals surface area contributed by atoms with Crippen molar-refractivity contribution >= 4 is 28.5 Å². The van der Waals surface area contributed by atoms with Crippen LogP contribution in [-0.4, -0.2) is 23.9 Å². The Hall–Kier alpha value is -2.89. The highest BCUT2D eigenvalue weighted by molar-refractivity contribution is 7.13. The summed E-state index contributed by atoms with van der Waals surface area (Å²) in [5, 5.41) is 2.04. The summed E-state index contributed by atoms with van der Waals surface area (Å²) in [4.78, 5) is 16.0. The van der Waals surface area contributed by atoms with E-state index in [1.807, 2.05) is 35.7 Å². The zero-order chi connectivity index (χ0) is 20.2. The van der Waals surface area contributed by atoms with Crippen molar-refractivity contribution in [2.24, 2.45) is 5.73 Å². The quantitative estimate of drug-likeness (QED) is 0.485. The van der Waals surface area contributed by atoms with Gasteiger partial charge in [-0.05, 0) is 47.5 Å². The number of primary amides is 1. The van der Waals surface area contributed by atoms with Crippen LogP contribution in [0.4, 0.5) is 5.69 Å². The van der Waals surface area contributed by atoms with Crippen molar-refractivity contribution in [1.82, 2.24) is 4.90 Å². The Balaban J connectivity index is 1.59. The Kier molecular flexibility index (Phi) is 5.79. The fourth-order valence-electron chi connectivity index (χ4n) is 3.94. The van der Waals surface area contributed by atoms with Gasteiger partial charge in [0.2, 0.25) is 5.91 Å². The maximum atomic E-state index is 12.4. The Morgan fingerprint density at radius 3 is 2.41 bits per heavy atom. The third kappa shape index (κ3) is 4.42. The van der Waals surface area contributed by atoms with Gasteiger partial charge in [0, 0.05) is 41.3 Å². The monoisotopic (exact) mass is 403 g/mol. The first-order chi connectivity index (χ1) is 14.1. The Bertz CT molecular complexity index is 1020. The summed E-state index contributed by atoms with van der Waals surface area (Å²) in [5.41, 5.74) is 17.5. The molecule has 2 heterocycles. The van der Waals surface area contributed by atoms with Gasteiger partial charge in [-0.25, -0.2) is 0 Å². The van der Waals surface area contributed by atoms with E-state index in [0.29, 0.717) is 11.3 Å². The largest absolute Gasteiger partial charge is 0.398 e. The molecule has 0 spiro atoms. The average molecular weight is 404 g/mol. The third-order valence-corrected chi connectivity index (χ3v) is 6.36. The molecule has 0 radical (unpaired) electrons. The van der Waals surface area contributed by atoms with Crippen molar-refractivity contribution in [3.8, 4) is 10.4 Å². The lowest BCUT2D eigenvalue weighted by molar-refractivity contribution is -0.112. The van der Waals surface area contributed by atoms with Crippen molar-refractivity contribution in [3.63, 3.8) is 0 Å². The van der Waals surface area contributed by atoms with Crippen molar-refractivity contribution in [1.29, 1.82) is 0 Å². The van der Waals surface area contributed by atoms with Gasteiger partial charge >= 0.3 is 0 Å². The minimum absolute atomic E-state index is 0.397. The van der Waals surface area contributed by atoms with Crippen LogP contribution in [0.25, 0.3) is 16.0 Å². The molecule has 1 aliphatic heterocycles. The van der Waals surface area contributed by atoms with Gasteiger partial charge in [0.25, 0.3) is 0 Å². The van der Waals surface area contributed by atoms with Gasteiger partial charge in [-0.1, -0.05) is 48.0 Å². The SMILES string of the molecule is NC(=O)C(=C1CCN(Cc2ccccc2)CC1)c1cc(-c2cccs2)ccc1N. The number of anilines is 1. The lowest BCUT2D eigenvalue weighted by Crippen LogP contribution is -2.31. The zero-order valence-corrected chi connectivity index (χ0v) is 17.1. The molecule has 4 rings (SSSR count). The Morgan fingerprint density at radius 1 is 1.00 bits per heavy atom. The molecule has 1 aromatic heterocycles. The summed E-state index contributed by atoms with van der Waals surface area (Å²) in [6.45, 7) is 2.74. The van der Waals surface area contributed by atoms with Crippen LogP contribution in [0.15, 0.2) is 71.6 Å². The predicted octanol–water partition coefficient (Wildman–Crippen LogP) is 4.53. The van der Waals surface area contributed by atoms with Crippen molar-refractivity contribution in [3.05, 3.63) is 82.7 Å². The van der Waals surface area contributed by atoms with Gasteiger partial charge in [-0.15, -0.1) is 11.3 Å². The molecule has 1 saturated heterocycles. The molecular formula is C24H25N3OS. The minimum Gasteiger partial charge on any atom is -0.398 e. The van der Waals surface area contributed by atoms with Crippen LogP contribution in [0.1, 0.15) is 24.0 Å². The lowest BCUT2D eigenvalue weighted by atomic mass is 9.90. The number of amides is 1. The number of nitrogen functional groups attached to an aromatic ring is 1. The molecule has 29 heavy (non-hydrogen) atoms. The predicted molar refractivity (Wildman–Crippen MR) is 121 cm³/mol. The first-order valence-corrected chi connectivity index (χ1v) is 10.7. The van der Waals surface area contributed by atoms with Crippen molar-refractivity contribution in [2.75, 3.05) is 18.8 Å². The fourth-order valence-corrected chi connectivity index (χ4v) is 4.66. The van der Waals surface area contributed by atoms with Gasteiger partial charge in [-0.2, -0.15) is 0 Å². The zero-order valence-electron chi connectivity index (χ0n) is 16.3. The summed E-state index contributed by atoms with van der Waals surface area (Å²) in [6.07, 6.45) is 1.65. The summed E-state index contributed by atoms with van der Waals surface area (Å²) >= 11 is 1.67. The summed E-state index contributed by atoms with van der Waals surface area (Å²) < 4.78 is 0. The van der Waals surface area contributed by atoms with Crippen LogP contribution >= 0.6 is 11.3 Å². The molecule has 4 N–H and O–H groups in total. The van der Waals surface area contributed by atoms with Gasteiger partial charge in [-0.3, -0.25) is 9.69 Å². The molecule has 0 aliphatic carbocycles. The topological polar surface area (TPSA) is 72.4 Å². The molecule has 148 valence electrons. The highest BCUT2D eigenvalue weighted by Gasteiger charge is 2.22. The van der Waals surface area contributed by atoms with Gasteiger partial charge < -0.3 is 11.5 Å². The molecular weight excluding hydrogens is 378 g/mol. The number of hydrogen-bond acceptors (Lipinski definition) is 4. The normalized spacial score (nSPS) is 14.7. The second-order valence-corrected chi connectivity index (χ2v) is 8.33. The Labute approximate surface area is 175 Å². The number of thiophene rings is 1. The molecule has 3 aromatic rings. The number of benzene rings is 2. The van der Waals surface area contributed by atoms with Gasteiger partial charge in [0.1, 0.15) is 0 Å². The maximum Gasteiger partial charge on any atom is 0.249 e. The maximum absolute atomic E-state index is 12.4. The van der Waals surface area contributed by atoms with E-state index >= 15 is 0 Å². The summed E-state index contributed by atoms with van der Waals surface area (Å²) in [5.74, 6) is -0.397. The molecule has 1 amide bonds. The van der Waals surface area contributed by atoms with Crippen LogP contribution in [0.5, 0.6) is 0 Å². The van der Waals surface area contributed by atoms with E-state index in [2.05, 4.69) is 35.2 Å². The fraction of sp³-hybridized carbons (Fsp3) is 0.208. The summed E-state index contributed by atoms with van der Waals surface area (Å²) in [7, 11) is 0. The van der Waals surface area contributed by atoms with Crippen LogP contribution in [0.2, 0.25) is 0 Å². The number of carbonyl (C=O) groups excluding carboxylic acids is 1. The smallest absolute Gasteiger partial charge is 0.249 e. The van der Waals surface area contributed by atoms with E-state index in [9.17, 15) is 4.79 Å². The van der Waals surface area contributed by atoms with Crippen LogP contribution in [0, 0.1) is 0 Å². The summed E-state index contributed by atoms with van der Waals surface area (Å²) in [6, 6.07) is 20.4. The van der Waals surface area contributed by atoms with E-state index in [4.69, 9.17) is 11.5 Å². The number of likely N-dealkylation sites (tertiary alicyclic amines) is 1. The van der Waals surface area contributed by atoms with Gasteiger partial charge in [0.05, 0.1) is 0 Å². The second kappa shape index (κ2) is 8.64. The number of rotatable bonds is 5. The minimum atomic E-state index is -0.397. The van der Waals surface area contributed by atoms with Crippen molar-refractivity contribution < 1.29 is 4.79 Å². The standard InChI is InChI=1S/C24H25N3OS/c25-21-9-8-19(22-7-4-14-29-22)15-20(21)23(24(26)28)18-10-12-27(13-11-18)16-17-5-2-1-3-6-17/h1-9,14-15H,10-13,16,25H2,(H2,26,28). The molecule has 0 saturated carbocycles. The average Bonchev–Trinajstić information content (AvgIpc) is 3.26. The van der Waals surface area contributed by atoms with E-state index < -0.39 is 5.91 Å². The Morgan fingerprint density at radius 2 is 1.76 bits per heavy atom. The number of nitrogens with two attached hydrogens (primary N) is 2.